The van der Waals surface area contributed by atoms with Crippen molar-refractivity contribution in [3.8, 4) is 0 Å². The predicted molar refractivity (Wildman–Crippen MR) is 79.0 cm³/mol. The number of nitrogens with one attached hydrogen (secondary N) is 1. The lowest BCUT2D eigenvalue weighted by molar-refractivity contribution is 0.199. The number of hydrogen-bond acceptors (Lipinski definition) is 5. The third kappa shape index (κ3) is 2.97. The average Bonchev–Trinajstić information content (AvgIpc) is 2.46. The van der Waals surface area contributed by atoms with Crippen molar-refractivity contribution in [2.24, 2.45) is 11.3 Å². The van der Waals surface area contributed by atoms with Crippen LogP contribution in [0.5, 0.6) is 0 Å². The molecule has 0 atom stereocenters. The second-order valence-electron chi connectivity index (χ2n) is 5.53. The summed E-state index contributed by atoms with van der Waals surface area (Å²) in [7, 11) is 0. The van der Waals surface area contributed by atoms with E-state index in [1.807, 2.05) is 13.0 Å². The Kier molecular flexibility index (Phi) is 4.24. The highest BCUT2D eigenvalue weighted by Crippen LogP contribution is 2.38. The lowest BCUT2D eigenvalue weighted by Gasteiger charge is -2.41. The van der Waals surface area contributed by atoms with Crippen molar-refractivity contribution in [3.63, 3.8) is 0 Å². The molecule has 0 spiro atoms. The summed E-state index contributed by atoms with van der Waals surface area (Å²) >= 11 is 0. The van der Waals surface area contributed by atoms with Gasteiger partial charge in [0.2, 0.25) is 5.95 Å². The van der Waals surface area contributed by atoms with Crippen LogP contribution in [0.3, 0.4) is 0 Å². The van der Waals surface area contributed by atoms with Crippen LogP contribution in [0.4, 0.5) is 11.8 Å². The van der Waals surface area contributed by atoms with E-state index in [0.717, 1.165) is 24.6 Å². The maximum Gasteiger partial charge on any atom is 0.239 e. The minimum atomic E-state index is 0.498. The van der Waals surface area contributed by atoms with Gasteiger partial charge in [-0.25, -0.2) is 10.8 Å². The van der Waals surface area contributed by atoms with Crippen LogP contribution in [-0.2, 0) is 0 Å². The van der Waals surface area contributed by atoms with E-state index in [2.05, 4.69) is 34.1 Å². The molecule has 1 saturated heterocycles. The highest BCUT2D eigenvalue weighted by molar-refractivity contribution is 5.44. The first kappa shape index (κ1) is 14.1. The van der Waals surface area contributed by atoms with Gasteiger partial charge in [-0.15, -0.1) is 0 Å². The largest absolute Gasteiger partial charge is 0.356 e. The van der Waals surface area contributed by atoms with Gasteiger partial charge in [0.25, 0.3) is 0 Å². The molecule has 0 unspecified atom stereocenters. The number of hydrogen-bond donors (Lipinski definition) is 2. The second kappa shape index (κ2) is 5.74. The standard InChI is InChI=1S/C14H25N5/c1-4-14(5-2)6-8-19(9-7-14)12-10-11(3)16-13(17-12)18-15/h10H,4-9,15H2,1-3H3,(H,16,17,18). The first-order chi connectivity index (χ1) is 9.12. The molecule has 0 bridgehead atoms. The van der Waals surface area contributed by atoms with Crippen molar-refractivity contribution in [3.05, 3.63) is 11.8 Å². The number of aromatic nitrogens is 2. The fourth-order valence-electron chi connectivity index (χ4n) is 2.95. The third-order valence-corrected chi connectivity index (χ3v) is 4.62. The van der Waals surface area contributed by atoms with Crippen LogP contribution in [0.2, 0.25) is 0 Å². The van der Waals surface area contributed by atoms with Gasteiger partial charge in [0.05, 0.1) is 0 Å². The molecule has 1 fully saturated rings. The molecule has 19 heavy (non-hydrogen) atoms. The number of anilines is 2. The van der Waals surface area contributed by atoms with Crippen LogP contribution in [0, 0.1) is 12.3 Å². The van der Waals surface area contributed by atoms with E-state index in [4.69, 9.17) is 5.84 Å². The van der Waals surface area contributed by atoms with Gasteiger partial charge in [0.1, 0.15) is 5.82 Å². The van der Waals surface area contributed by atoms with E-state index in [-0.39, 0.29) is 0 Å². The van der Waals surface area contributed by atoms with Gasteiger partial charge in [-0.1, -0.05) is 26.7 Å². The lowest BCUT2D eigenvalue weighted by atomic mass is 9.74. The maximum atomic E-state index is 5.41. The van der Waals surface area contributed by atoms with E-state index in [9.17, 15) is 0 Å². The number of piperidine rings is 1. The van der Waals surface area contributed by atoms with Gasteiger partial charge in [0.15, 0.2) is 0 Å². The zero-order valence-corrected chi connectivity index (χ0v) is 12.2. The fourth-order valence-corrected chi connectivity index (χ4v) is 2.95. The molecule has 0 amide bonds. The molecule has 1 aromatic rings. The summed E-state index contributed by atoms with van der Waals surface area (Å²) in [5.41, 5.74) is 4.02. The Morgan fingerprint density at radius 1 is 1.26 bits per heavy atom. The Balaban J connectivity index is 2.11. The zero-order chi connectivity index (χ0) is 13.9. The molecule has 5 heteroatoms. The maximum absolute atomic E-state index is 5.41. The van der Waals surface area contributed by atoms with Gasteiger partial charge < -0.3 is 4.90 Å². The predicted octanol–water partition coefficient (Wildman–Crippen LogP) is 2.48. The first-order valence-electron chi connectivity index (χ1n) is 7.19. The van der Waals surface area contributed by atoms with Crippen molar-refractivity contribution < 1.29 is 0 Å². The Hall–Kier alpha value is -1.36. The molecule has 0 aliphatic carbocycles. The molecule has 1 aliphatic rings. The molecule has 1 aliphatic heterocycles. The van der Waals surface area contributed by atoms with Crippen molar-refractivity contribution in [1.82, 2.24) is 9.97 Å². The van der Waals surface area contributed by atoms with Crippen LogP contribution < -0.4 is 16.2 Å². The lowest BCUT2D eigenvalue weighted by Crippen LogP contribution is -2.40. The van der Waals surface area contributed by atoms with Crippen molar-refractivity contribution in [2.75, 3.05) is 23.4 Å². The Labute approximate surface area is 115 Å². The summed E-state index contributed by atoms with van der Waals surface area (Å²) in [6.07, 6.45) is 5.04. The van der Waals surface area contributed by atoms with Crippen molar-refractivity contribution >= 4 is 11.8 Å². The smallest absolute Gasteiger partial charge is 0.239 e. The molecule has 0 radical (unpaired) electrons. The summed E-state index contributed by atoms with van der Waals surface area (Å²) in [5.74, 6) is 6.90. The molecule has 1 aromatic heterocycles. The number of nitrogens with two attached hydrogens (primary N) is 1. The Morgan fingerprint density at radius 3 is 2.42 bits per heavy atom. The first-order valence-corrected chi connectivity index (χ1v) is 7.19. The molecule has 106 valence electrons. The second-order valence-corrected chi connectivity index (χ2v) is 5.53. The molecule has 0 aromatic carbocycles. The summed E-state index contributed by atoms with van der Waals surface area (Å²) in [5, 5.41) is 0. The number of nitrogen functional groups attached to an aromatic ring is 1. The van der Waals surface area contributed by atoms with Crippen molar-refractivity contribution in [1.29, 1.82) is 0 Å². The van der Waals surface area contributed by atoms with E-state index in [0.29, 0.717) is 11.4 Å². The molecule has 0 saturated carbocycles. The molecule has 5 nitrogen and oxygen atoms in total. The van der Waals surface area contributed by atoms with Crippen LogP contribution >= 0.6 is 0 Å². The minimum absolute atomic E-state index is 0.498. The van der Waals surface area contributed by atoms with Crippen LogP contribution in [0.15, 0.2) is 6.07 Å². The van der Waals surface area contributed by atoms with Crippen LogP contribution in [-0.4, -0.2) is 23.1 Å². The molecule has 2 heterocycles. The van der Waals surface area contributed by atoms with Crippen LogP contribution in [0.25, 0.3) is 0 Å². The summed E-state index contributed by atoms with van der Waals surface area (Å²) in [6.45, 7) is 8.73. The number of aryl methyl sites for hydroxylation is 1. The Morgan fingerprint density at radius 2 is 1.89 bits per heavy atom. The highest BCUT2D eigenvalue weighted by Gasteiger charge is 2.31. The van der Waals surface area contributed by atoms with Gasteiger partial charge in [-0.2, -0.15) is 4.98 Å². The molecule has 3 N–H and O–H groups in total. The quantitative estimate of drug-likeness (QED) is 0.645. The average molecular weight is 263 g/mol. The monoisotopic (exact) mass is 263 g/mol. The van der Waals surface area contributed by atoms with E-state index < -0.39 is 0 Å². The van der Waals surface area contributed by atoms with Crippen LogP contribution in [0.1, 0.15) is 45.2 Å². The fraction of sp³-hybridized carbons (Fsp3) is 0.714. The molecular formula is C14H25N5. The van der Waals surface area contributed by atoms with Gasteiger partial charge in [-0.05, 0) is 25.2 Å². The normalized spacial score (nSPS) is 18.4. The van der Waals surface area contributed by atoms with Crippen molar-refractivity contribution in [2.45, 2.75) is 46.5 Å². The van der Waals surface area contributed by atoms with E-state index in [1.165, 1.54) is 25.7 Å². The summed E-state index contributed by atoms with van der Waals surface area (Å²) in [6, 6.07) is 2.03. The van der Waals surface area contributed by atoms with E-state index >= 15 is 0 Å². The molecule has 2 rings (SSSR count). The van der Waals surface area contributed by atoms with Gasteiger partial charge in [-0.3, -0.25) is 5.43 Å². The SMILES string of the molecule is CCC1(CC)CCN(c2cc(C)nc(NN)n2)CC1. The van der Waals surface area contributed by atoms with E-state index in [1.54, 1.807) is 0 Å². The number of hydrazine groups is 1. The molecular weight excluding hydrogens is 238 g/mol. The summed E-state index contributed by atoms with van der Waals surface area (Å²) < 4.78 is 0. The topological polar surface area (TPSA) is 67.1 Å². The van der Waals surface area contributed by atoms with Gasteiger partial charge in [0, 0.05) is 24.8 Å². The van der Waals surface area contributed by atoms with Gasteiger partial charge >= 0.3 is 0 Å². The zero-order valence-electron chi connectivity index (χ0n) is 12.2. The third-order valence-electron chi connectivity index (χ3n) is 4.62. The minimum Gasteiger partial charge on any atom is -0.356 e. The highest BCUT2D eigenvalue weighted by atomic mass is 15.3. The Bertz CT molecular complexity index is 418. The number of nitrogens with zero attached hydrogens (tertiary/aromatic N) is 3. The summed E-state index contributed by atoms with van der Waals surface area (Å²) in [4.78, 5) is 11.0. The number of rotatable bonds is 4.